The van der Waals surface area contributed by atoms with Crippen LogP contribution in [0.5, 0.6) is 0 Å². The quantitative estimate of drug-likeness (QED) is 0.442. The molecule has 1 spiro atoms. The first-order chi connectivity index (χ1) is 14.6. The highest BCUT2D eigenvalue weighted by atomic mass is 16.6. The Kier molecular flexibility index (Phi) is 3.40. The summed E-state index contributed by atoms with van der Waals surface area (Å²) in [6.07, 6.45) is 2.54. The van der Waals surface area contributed by atoms with E-state index in [0.717, 1.165) is 39.6 Å². The van der Waals surface area contributed by atoms with Gasteiger partial charge in [-0.05, 0) is 52.6 Å². The van der Waals surface area contributed by atoms with Crippen LogP contribution in [0, 0.1) is 0 Å². The van der Waals surface area contributed by atoms with Crippen LogP contribution < -0.4 is 4.90 Å². The van der Waals surface area contributed by atoms with Crippen molar-refractivity contribution in [2.24, 2.45) is 0 Å². The van der Waals surface area contributed by atoms with Crippen molar-refractivity contribution < 1.29 is 9.53 Å². The predicted octanol–water partition coefficient (Wildman–Crippen LogP) is 4.67. The van der Waals surface area contributed by atoms with Gasteiger partial charge in [0, 0.05) is 37.1 Å². The number of hydrogen-bond donors (Lipinski definition) is 0. The summed E-state index contributed by atoms with van der Waals surface area (Å²) in [5.74, 6) is -0.318. The molecule has 6 rings (SSSR count). The molecule has 1 aliphatic heterocycles. The minimum Gasteiger partial charge on any atom is -0.439 e. The molecule has 0 bridgehead atoms. The minimum atomic E-state index is -1.03. The van der Waals surface area contributed by atoms with E-state index in [9.17, 15) is 4.79 Å². The molecule has 0 fully saturated rings. The Hall–Kier alpha value is -3.66. The fraction of sp³-hybridized carbons (Fsp3) is 0.154. The van der Waals surface area contributed by atoms with Crippen molar-refractivity contribution in [1.82, 2.24) is 4.98 Å². The van der Waals surface area contributed by atoms with Gasteiger partial charge in [-0.2, -0.15) is 0 Å². The standard InChI is InChI=1S/C26H20N2O2/c1-28(2)19-11-12-22-18(15-19)14-17-10-9-16-6-3-4-7-20(16)23(17)26(22)24-21(25(29)30-26)8-5-13-27-24/h3-13,15H,14H2,1-2H3. The first kappa shape index (κ1) is 17.2. The maximum Gasteiger partial charge on any atom is 0.341 e. The maximum atomic E-state index is 13.0. The molecule has 4 heteroatoms. The molecular weight excluding hydrogens is 372 g/mol. The Labute approximate surface area is 174 Å². The van der Waals surface area contributed by atoms with E-state index in [1.807, 2.05) is 32.3 Å². The van der Waals surface area contributed by atoms with Crippen LogP contribution >= 0.6 is 0 Å². The third kappa shape index (κ3) is 2.11. The van der Waals surface area contributed by atoms with Gasteiger partial charge >= 0.3 is 5.97 Å². The van der Waals surface area contributed by atoms with Crippen LogP contribution in [-0.4, -0.2) is 25.0 Å². The predicted molar refractivity (Wildman–Crippen MR) is 117 cm³/mol. The number of ether oxygens (including phenoxy) is 1. The summed E-state index contributed by atoms with van der Waals surface area (Å²) in [5.41, 5.74) is 5.70. The van der Waals surface area contributed by atoms with Crippen LogP contribution in [0.15, 0.2) is 72.9 Å². The highest BCUT2D eigenvalue weighted by Crippen LogP contribution is 2.53. The lowest BCUT2D eigenvalue weighted by Gasteiger charge is -2.37. The van der Waals surface area contributed by atoms with Crippen molar-refractivity contribution in [1.29, 1.82) is 0 Å². The third-order valence-corrected chi connectivity index (χ3v) is 6.34. The number of pyridine rings is 1. The van der Waals surface area contributed by atoms with Crippen molar-refractivity contribution in [2.45, 2.75) is 12.0 Å². The van der Waals surface area contributed by atoms with E-state index in [-0.39, 0.29) is 5.97 Å². The molecule has 0 amide bonds. The highest BCUT2D eigenvalue weighted by molar-refractivity contribution is 5.98. The average molecular weight is 392 g/mol. The lowest BCUT2D eigenvalue weighted by atomic mass is 9.71. The monoisotopic (exact) mass is 392 g/mol. The summed E-state index contributed by atoms with van der Waals surface area (Å²) in [7, 11) is 4.07. The van der Waals surface area contributed by atoms with Gasteiger partial charge in [-0.3, -0.25) is 4.98 Å². The molecule has 30 heavy (non-hydrogen) atoms. The lowest BCUT2D eigenvalue weighted by Crippen LogP contribution is -2.36. The van der Waals surface area contributed by atoms with Gasteiger partial charge in [0.2, 0.25) is 5.60 Å². The second-order valence-electron chi connectivity index (χ2n) is 8.20. The SMILES string of the molecule is CN(C)c1ccc2c(c1)Cc1ccc3ccccc3c1C21OC(=O)c2cccnc21. The van der Waals surface area contributed by atoms with E-state index in [2.05, 4.69) is 47.4 Å². The Morgan fingerprint density at radius 3 is 2.70 bits per heavy atom. The Bertz CT molecular complexity index is 1360. The number of esters is 1. The second-order valence-corrected chi connectivity index (χ2v) is 8.20. The fourth-order valence-electron chi connectivity index (χ4n) is 5.01. The molecule has 1 aromatic heterocycles. The van der Waals surface area contributed by atoms with Crippen molar-refractivity contribution in [3.8, 4) is 0 Å². The van der Waals surface area contributed by atoms with Gasteiger partial charge in [0.15, 0.2) is 0 Å². The summed E-state index contributed by atoms with van der Waals surface area (Å²) < 4.78 is 6.31. The molecular formula is C26H20N2O2. The molecule has 146 valence electrons. The zero-order chi connectivity index (χ0) is 20.5. The summed E-state index contributed by atoms with van der Waals surface area (Å²) in [4.78, 5) is 19.8. The molecule has 2 aliphatic rings. The first-order valence-corrected chi connectivity index (χ1v) is 10.1. The number of benzene rings is 3. The van der Waals surface area contributed by atoms with Crippen LogP contribution in [0.3, 0.4) is 0 Å². The number of hydrogen-bond acceptors (Lipinski definition) is 4. The van der Waals surface area contributed by atoms with Gasteiger partial charge in [0.05, 0.1) is 5.56 Å². The van der Waals surface area contributed by atoms with Crippen LogP contribution in [0.4, 0.5) is 5.69 Å². The van der Waals surface area contributed by atoms with Crippen LogP contribution in [-0.2, 0) is 16.8 Å². The zero-order valence-corrected chi connectivity index (χ0v) is 16.8. The van der Waals surface area contributed by atoms with Crippen molar-refractivity contribution >= 4 is 22.4 Å². The average Bonchev–Trinajstić information content (AvgIpc) is 3.06. The molecule has 3 aromatic carbocycles. The van der Waals surface area contributed by atoms with E-state index in [1.165, 1.54) is 5.56 Å². The van der Waals surface area contributed by atoms with E-state index in [0.29, 0.717) is 11.3 Å². The van der Waals surface area contributed by atoms with E-state index < -0.39 is 5.60 Å². The Morgan fingerprint density at radius 2 is 1.83 bits per heavy atom. The first-order valence-electron chi connectivity index (χ1n) is 10.1. The molecule has 4 nitrogen and oxygen atoms in total. The van der Waals surface area contributed by atoms with Gasteiger partial charge in [-0.1, -0.05) is 42.5 Å². The molecule has 1 aliphatic carbocycles. The second kappa shape index (κ2) is 5.92. The molecule has 0 radical (unpaired) electrons. The Balaban J connectivity index is 1.77. The molecule has 4 aromatic rings. The molecule has 0 N–H and O–H groups in total. The Morgan fingerprint density at radius 1 is 0.967 bits per heavy atom. The summed E-state index contributed by atoms with van der Waals surface area (Å²) in [6.45, 7) is 0. The molecule has 0 saturated carbocycles. The minimum absolute atomic E-state index is 0.318. The van der Waals surface area contributed by atoms with Gasteiger partial charge in [0.25, 0.3) is 0 Å². The van der Waals surface area contributed by atoms with Crippen molar-refractivity contribution in [2.75, 3.05) is 19.0 Å². The highest BCUT2D eigenvalue weighted by Gasteiger charge is 2.54. The molecule has 1 unspecified atom stereocenters. The summed E-state index contributed by atoms with van der Waals surface area (Å²) in [6, 6.07) is 22.6. The van der Waals surface area contributed by atoms with Gasteiger partial charge in [-0.15, -0.1) is 0 Å². The van der Waals surface area contributed by atoms with Gasteiger partial charge in [-0.25, -0.2) is 4.79 Å². The number of aromatic nitrogens is 1. The number of fused-ring (bicyclic) bond motifs is 8. The lowest BCUT2D eigenvalue weighted by molar-refractivity contribution is 0.0237. The van der Waals surface area contributed by atoms with Crippen molar-refractivity contribution in [3.05, 3.63) is 106 Å². The largest absolute Gasteiger partial charge is 0.439 e. The van der Waals surface area contributed by atoms with Gasteiger partial charge in [0.1, 0.15) is 5.69 Å². The number of carbonyl (C=O) groups is 1. The number of rotatable bonds is 1. The maximum absolute atomic E-state index is 13.0. The normalized spacial score (nSPS) is 18.7. The van der Waals surface area contributed by atoms with Crippen LogP contribution in [0.2, 0.25) is 0 Å². The number of carbonyl (C=O) groups excluding carboxylic acids is 1. The molecule has 2 heterocycles. The van der Waals surface area contributed by atoms with Crippen LogP contribution in [0.25, 0.3) is 10.8 Å². The molecule has 0 saturated heterocycles. The van der Waals surface area contributed by atoms with Crippen molar-refractivity contribution in [3.63, 3.8) is 0 Å². The number of anilines is 1. The third-order valence-electron chi connectivity index (χ3n) is 6.34. The smallest absolute Gasteiger partial charge is 0.341 e. The summed E-state index contributed by atoms with van der Waals surface area (Å²) >= 11 is 0. The molecule has 1 atom stereocenters. The fourth-order valence-corrected chi connectivity index (χ4v) is 5.01. The number of nitrogens with zero attached hydrogens (tertiary/aromatic N) is 2. The van der Waals surface area contributed by atoms with E-state index in [4.69, 9.17) is 9.72 Å². The van der Waals surface area contributed by atoms with Crippen LogP contribution in [0.1, 0.15) is 38.3 Å². The van der Waals surface area contributed by atoms with E-state index in [1.54, 1.807) is 12.3 Å². The summed E-state index contributed by atoms with van der Waals surface area (Å²) in [5, 5.41) is 2.23. The topological polar surface area (TPSA) is 42.4 Å². The van der Waals surface area contributed by atoms with E-state index >= 15 is 0 Å². The van der Waals surface area contributed by atoms with Gasteiger partial charge < -0.3 is 9.64 Å². The zero-order valence-electron chi connectivity index (χ0n) is 16.8.